The van der Waals surface area contributed by atoms with Gasteiger partial charge in [0.2, 0.25) is 0 Å². The fourth-order valence-corrected chi connectivity index (χ4v) is 3.90. The standard InChI is InChI=1S/C26H25N3O5/c1-17-24(26(31)27-19-9-7-18(8-10-19)25(30)28-32)22-5-3-4-6-23(22)29(17)15-16-34-21-13-11-20(33-2)12-14-21/h3-14,32H,15-16H2,1-2H3,(H,27,31)(H,28,30). The Labute approximate surface area is 196 Å². The van der Waals surface area contributed by atoms with E-state index >= 15 is 0 Å². The first kappa shape index (κ1) is 22.9. The van der Waals surface area contributed by atoms with E-state index < -0.39 is 5.91 Å². The van der Waals surface area contributed by atoms with Gasteiger partial charge >= 0.3 is 0 Å². The first-order chi connectivity index (χ1) is 16.5. The lowest BCUT2D eigenvalue weighted by Gasteiger charge is -2.11. The maximum absolute atomic E-state index is 13.2. The van der Waals surface area contributed by atoms with E-state index in [1.165, 1.54) is 12.1 Å². The zero-order valence-electron chi connectivity index (χ0n) is 18.9. The second-order valence-electron chi connectivity index (χ2n) is 7.63. The Bertz CT molecular complexity index is 1310. The molecule has 0 aliphatic carbocycles. The van der Waals surface area contributed by atoms with Gasteiger partial charge in [0.15, 0.2) is 0 Å². The normalized spacial score (nSPS) is 10.7. The van der Waals surface area contributed by atoms with Gasteiger partial charge in [-0.3, -0.25) is 14.8 Å². The van der Waals surface area contributed by atoms with Crippen molar-refractivity contribution in [3.8, 4) is 11.5 Å². The predicted molar refractivity (Wildman–Crippen MR) is 129 cm³/mol. The summed E-state index contributed by atoms with van der Waals surface area (Å²) >= 11 is 0. The van der Waals surface area contributed by atoms with E-state index in [1.807, 2.05) is 55.5 Å². The molecule has 4 aromatic rings. The van der Waals surface area contributed by atoms with Crippen LogP contribution in [0.2, 0.25) is 0 Å². The summed E-state index contributed by atoms with van der Waals surface area (Å²) in [6.45, 7) is 2.91. The highest BCUT2D eigenvalue weighted by molar-refractivity contribution is 6.14. The number of rotatable bonds is 8. The maximum Gasteiger partial charge on any atom is 0.274 e. The number of ether oxygens (including phenoxy) is 2. The van der Waals surface area contributed by atoms with Crippen LogP contribution >= 0.6 is 0 Å². The molecule has 0 radical (unpaired) electrons. The average Bonchev–Trinajstić information content (AvgIpc) is 3.15. The molecule has 0 unspecified atom stereocenters. The fraction of sp³-hybridized carbons (Fsp3) is 0.154. The molecule has 8 nitrogen and oxygen atoms in total. The van der Waals surface area contributed by atoms with Crippen molar-refractivity contribution in [1.29, 1.82) is 0 Å². The Hall–Kier alpha value is -4.30. The van der Waals surface area contributed by atoms with E-state index in [9.17, 15) is 9.59 Å². The summed E-state index contributed by atoms with van der Waals surface area (Å²) in [5.74, 6) is 0.643. The molecule has 0 fully saturated rings. The lowest BCUT2D eigenvalue weighted by Crippen LogP contribution is -2.18. The quantitative estimate of drug-likeness (QED) is 0.268. The van der Waals surface area contributed by atoms with Gasteiger partial charge in [-0.25, -0.2) is 5.48 Å². The van der Waals surface area contributed by atoms with Gasteiger partial charge in [0.25, 0.3) is 11.8 Å². The highest BCUT2D eigenvalue weighted by atomic mass is 16.5. The van der Waals surface area contributed by atoms with Crippen LogP contribution in [0, 0.1) is 6.92 Å². The number of hydrogen-bond donors (Lipinski definition) is 3. The molecule has 3 N–H and O–H groups in total. The minimum absolute atomic E-state index is 0.247. The number of methoxy groups -OCH3 is 1. The molecule has 4 rings (SSSR count). The van der Waals surface area contributed by atoms with Gasteiger partial charge in [-0.15, -0.1) is 0 Å². The number of para-hydroxylation sites is 1. The van der Waals surface area contributed by atoms with Crippen molar-refractivity contribution in [1.82, 2.24) is 10.0 Å². The van der Waals surface area contributed by atoms with Crippen LogP contribution in [0.1, 0.15) is 26.4 Å². The number of nitrogens with zero attached hydrogens (tertiary/aromatic N) is 1. The lowest BCUT2D eigenvalue weighted by molar-refractivity contribution is 0.0706. The monoisotopic (exact) mass is 459 g/mol. The zero-order chi connectivity index (χ0) is 24.1. The number of benzene rings is 3. The number of fused-ring (bicyclic) bond motifs is 1. The smallest absolute Gasteiger partial charge is 0.274 e. The zero-order valence-corrected chi connectivity index (χ0v) is 18.9. The van der Waals surface area contributed by atoms with Crippen LogP contribution in [0.25, 0.3) is 10.9 Å². The number of nitrogens with one attached hydrogen (secondary N) is 2. The van der Waals surface area contributed by atoms with E-state index in [-0.39, 0.29) is 11.5 Å². The molecule has 174 valence electrons. The van der Waals surface area contributed by atoms with Crippen LogP contribution in [-0.2, 0) is 6.54 Å². The Morgan fingerprint density at radius 3 is 2.26 bits per heavy atom. The third-order valence-corrected chi connectivity index (χ3v) is 5.61. The number of anilines is 1. The molecule has 0 aliphatic rings. The van der Waals surface area contributed by atoms with Crippen LogP contribution in [0.5, 0.6) is 11.5 Å². The van der Waals surface area contributed by atoms with E-state index in [0.29, 0.717) is 24.4 Å². The molecule has 0 atom stereocenters. The molecule has 0 spiro atoms. The van der Waals surface area contributed by atoms with Crippen molar-refractivity contribution in [2.45, 2.75) is 13.5 Å². The second-order valence-corrected chi connectivity index (χ2v) is 7.63. The van der Waals surface area contributed by atoms with E-state index in [1.54, 1.807) is 24.7 Å². The fourth-order valence-electron chi connectivity index (χ4n) is 3.90. The number of amides is 2. The largest absolute Gasteiger partial charge is 0.497 e. The van der Waals surface area contributed by atoms with Crippen molar-refractivity contribution in [3.63, 3.8) is 0 Å². The van der Waals surface area contributed by atoms with Crippen molar-refractivity contribution in [3.05, 3.63) is 89.6 Å². The number of hydrogen-bond acceptors (Lipinski definition) is 5. The summed E-state index contributed by atoms with van der Waals surface area (Å²) in [6, 6.07) is 21.4. The summed E-state index contributed by atoms with van der Waals surface area (Å²) < 4.78 is 13.1. The average molecular weight is 460 g/mol. The van der Waals surface area contributed by atoms with Gasteiger partial charge in [0.1, 0.15) is 18.1 Å². The number of hydroxylamine groups is 1. The molecule has 0 saturated carbocycles. The molecule has 34 heavy (non-hydrogen) atoms. The third kappa shape index (κ3) is 4.72. The second kappa shape index (κ2) is 10.1. The molecule has 2 amide bonds. The van der Waals surface area contributed by atoms with Gasteiger partial charge in [0.05, 0.1) is 19.2 Å². The molecule has 1 heterocycles. The Kier molecular flexibility index (Phi) is 6.79. The van der Waals surface area contributed by atoms with Crippen molar-refractivity contribution < 1.29 is 24.3 Å². The van der Waals surface area contributed by atoms with Crippen molar-refractivity contribution in [2.75, 3.05) is 19.0 Å². The first-order valence-corrected chi connectivity index (χ1v) is 10.7. The summed E-state index contributed by atoms with van der Waals surface area (Å²) in [7, 11) is 1.62. The third-order valence-electron chi connectivity index (χ3n) is 5.61. The van der Waals surface area contributed by atoms with Gasteiger partial charge in [-0.2, -0.15) is 0 Å². The molecule has 0 saturated heterocycles. The summed E-state index contributed by atoms with van der Waals surface area (Å²) in [5, 5.41) is 12.5. The molecule has 3 aromatic carbocycles. The Morgan fingerprint density at radius 2 is 1.59 bits per heavy atom. The van der Waals surface area contributed by atoms with Gasteiger partial charge in [0, 0.05) is 27.8 Å². The highest BCUT2D eigenvalue weighted by Gasteiger charge is 2.20. The number of carbonyl (C=O) groups excluding carboxylic acids is 2. The van der Waals surface area contributed by atoms with Crippen molar-refractivity contribution >= 4 is 28.4 Å². The number of carbonyl (C=O) groups is 2. The summed E-state index contributed by atoms with van der Waals surface area (Å²) in [4.78, 5) is 24.7. The van der Waals surface area contributed by atoms with Gasteiger partial charge in [-0.05, 0) is 61.5 Å². The van der Waals surface area contributed by atoms with Crippen LogP contribution in [0.3, 0.4) is 0 Å². The van der Waals surface area contributed by atoms with Crippen molar-refractivity contribution in [2.24, 2.45) is 0 Å². The molecular weight excluding hydrogens is 434 g/mol. The van der Waals surface area contributed by atoms with Gasteiger partial charge < -0.3 is 19.4 Å². The molecule has 8 heteroatoms. The summed E-state index contributed by atoms with van der Waals surface area (Å²) in [5.41, 5.74) is 4.76. The lowest BCUT2D eigenvalue weighted by atomic mass is 10.1. The predicted octanol–water partition coefficient (Wildman–Crippen LogP) is 4.41. The Morgan fingerprint density at radius 1 is 0.912 bits per heavy atom. The SMILES string of the molecule is COc1ccc(OCCn2c(C)c(C(=O)Nc3ccc(C(=O)NO)cc3)c3ccccc32)cc1. The van der Waals surface area contributed by atoms with Crippen LogP contribution in [-0.4, -0.2) is 35.3 Å². The van der Waals surface area contributed by atoms with E-state index in [0.717, 1.165) is 28.1 Å². The summed E-state index contributed by atoms with van der Waals surface area (Å²) in [6.07, 6.45) is 0. The van der Waals surface area contributed by atoms with Crippen LogP contribution in [0.4, 0.5) is 5.69 Å². The molecule has 0 bridgehead atoms. The molecule has 1 aromatic heterocycles. The number of aromatic nitrogens is 1. The Balaban J connectivity index is 1.53. The molecular formula is C26H25N3O5. The minimum atomic E-state index is -0.617. The maximum atomic E-state index is 13.2. The van der Waals surface area contributed by atoms with E-state index in [4.69, 9.17) is 14.7 Å². The van der Waals surface area contributed by atoms with Crippen LogP contribution in [0.15, 0.2) is 72.8 Å². The topological polar surface area (TPSA) is 102 Å². The molecule has 0 aliphatic heterocycles. The van der Waals surface area contributed by atoms with E-state index in [2.05, 4.69) is 9.88 Å². The van der Waals surface area contributed by atoms with Gasteiger partial charge in [-0.1, -0.05) is 18.2 Å². The highest BCUT2D eigenvalue weighted by Crippen LogP contribution is 2.27. The van der Waals surface area contributed by atoms with Crippen LogP contribution < -0.4 is 20.3 Å². The first-order valence-electron chi connectivity index (χ1n) is 10.7. The minimum Gasteiger partial charge on any atom is -0.497 e.